The standard InChI is InChI=1S/C11H10ClN5O/c12-9-5-7(6-10(16-9)17-13)11(18)15-8-1-3-14-4-2-8/h1-6H,13H2,(H,16,17)(H,14,15,18). The third-order valence-electron chi connectivity index (χ3n) is 2.14. The molecule has 7 heteroatoms. The molecule has 0 atom stereocenters. The van der Waals surface area contributed by atoms with Crippen molar-refractivity contribution in [3.8, 4) is 0 Å². The summed E-state index contributed by atoms with van der Waals surface area (Å²) in [7, 11) is 0. The predicted molar refractivity (Wildman–Crippen MR) is 69.2 cm³/mol. The molecule has 2 heterocycles. The maximum atomic E-state index is 11.9. The number of halogens is 1. The van der Waals surface area contributed by atoms with Crippen LogP contribution < -0.4 is 16.6 Å². The van der Waals surface area contributed by atoms with E-state index in [-0.39, 0.29) is 11.1 Å². The Balaban J connectivity index is 2.21. The van der Waals surface area contributed by atoms with Crippen molar-refractivity contribution in [1.29, 1.82) is 0 Å². The molecule has 92 valence electrons. The van der Waals surface area contributed by atoms with Gasteiger partial charge in [0, 0.05) is 23.6 Å². The summed E-state index contributed by atoms with van der Waals surface area (Å²) >= 11 is 5.78. The molecule has 2 aromatic heterocycles. The molecule has 0 fully saturated rings. The SMILES string of the molecule is NNc1cc(C(=O)Nc2ccncc2)cc(Cl)n1. The minimum atomic E-state index is -0.304. The van der Waals surface area contributed by atoms with Crippen LogP contribution in [0.25, 0.3) is 0 Å². The minimum absolute atomic E-state index is 0.185. The molecule has 0 radical (unpaired) electrons. The number of amides is 1. The van der Waals surface area contributed by atoms with E-state index in [0.29, 0.717) is 17.1 Å². The van der Waals surface area contributed by atoms with E-state index in [2.05, 4.69) is 20.7 Å². The van der Waals surface area contributed by atoms with Gasteiger partial charge >= 0.3 is 0 Å². The summed E-state index contributed by atoms with van der Waals surface area (Å²) in [5.74, 6) is 5.25. The largest absolute Gasteiger partial charge is 0.322 e. The van der Waals surface area contributed by atoms with Crippen molar-refractivity contribution in [2.24, 2.45) is 5.84 Å². The van der Waals surface area contributed by atoms with Gasteiger partial charge in [0.25, 0.3) is 5.91 Å². The van der Waals surface area contributed by atoms with Crippen LogP contribution in [0.5, 0.6) is 0 Å². The number of rotatable bonds is 3. The van der Waals surface area contributed by atoms with Gasteiger partial charge < -0.3 is 10.7 Å². The fourth-order valence-electron chi connectivity index (χ4n) is 1.34. The van der Waals surface area contributed by atoms with Crippen molar-refractivity contribution < 1.29 is 4.79 Å². The van der Waals surface area contributed by atoms with Crippen LogP contribution in [0, 0.1) is 0 Å². The Hall–Kier alpha value is -2.18. The molecule has 0 saturated carbocycles. The number of pyridine rings is 2. The Kier molecular flexibility index (Phi) is 3.71. The van der Waals surface area contributed by atoms with E-state index < -0.39 is 0 Å². The van der Waals surface area contributed by atoms with Gasteiger partial charge in [-0.2, -0.15) is 0 Å². The van der Waals surface area contributed by atoms with E-state index in [1.807, 2.05) is 0 Å². The van der Waals surface area contributed by atoms with Crippen LogP contribution in [-0.4, -0.2) is 15.9 Å². The van der Waals surface area contributed by atoms with Crippen LogP contribution in [0.2, 0.25) is 5.15 Å². The molecular formula is C11H10ClN5O. The highest BCUT2D eigenvalue weighted by Gasteiger charge is 2.09. The first-order valence-corrected chi connectivity index (χ1v) is 5.42. The number of nitrogens with zero attached hydrogens (tertiary/aromatic N) is 2. The van der Waals surface area contributed by atoms with E-state index in [0.717, 1.165) is 0 Å². The summed E-state index contributed by atoms with van der Waals surface area (Å²) < 4.78 is 0. The van der Waals surface area contributed by atoms with Crippen molar-refractivity contribution in [3.63, 3.8) is 0 Å². The van der Waals surface area contributed by atoms with Crippen LogP contribution in [0.4, 0.5) is 11.5 Å². The van der Waals surface area contributed by atoms with E-state index >= 15 is 0 Å². The number of hydrazine groups is 1. The van der Waals surface area contributed by atoms with Gasteiger partial charge in [-0.1, -0.05) is 11.6 Å². The predicted octanol–water partition coefficient (Wildman–Crippen LogP) is 1.67. The maximum Gasteiger partial charge on any atom is 0.255 e. The second-order valence-corrected chi connectivity index (χ2v) is 3.79. The number of nitrogens with one attached hydrogen (secondary N) is 2. The van der Waals surface area contributed by atoms with Gasteiger partial charge in [-0.25, -0.2) is 10.8 Å². The second kappa shape index (κ2) is 5.44. The highest BCUT2D eigenvalue weighted by Crippen LogP contribution is 2.15. The second-order valence-electron chi connectivity index (χ2n) is 3.40. The summed E-state index contributed by atoms with van der Waals surface area (Å²) in [4.78, 5) is 19.7. The number of hydrogen-bond acceptors (Lipinski definition) is 5. The van der Waals surface area contributed by atoms with Gasteiger partial charge in [-0.05, 0) is 24.3 Å². The first-order valence-electron chi connectivity index (χ1n) is 5.04. The third-order valence-corrected chi connectivity index (χ3v) is 2.34. The van der Waals surface area contributed by atoms with Gasteiger partial charge in [0.2, 0.25) is 0 Å². The molecule has 0 bridgehead atoms. The first-order chi connectivity index (χ1) is 8.69. The fourth-order valence-corrected chi connectivity index (χ4v) is 1.55. The van der Waals surface area contributed by atoms with Gasteiger partial charge in [-0.3, -0.25) is 9.78 Å². The number of carbonyl (C=O) groups excluding carboxylic acids is 1. The van der Waals surface area contributed by atoms with E-state index in [1.54, 1.807) is 24.5 Å². The smallest absolute Gasteiger partial charge is 0.255 e. The van der Waals surface area contributed by atoms with Crippen LogP contribution in [-0.2, 0) is 0 Å². The lowest BCUT2D eigenvalue weighted by Crippen LogP contribution is -2.14. The Labute approximate surface area is 108 Å². The van der Waals surface area contributed by atoms with E-state index in [9.17, 15) is 4.79 Å². The number of nitrogen functional groups attached to an aromatic ring is 1. The molecule has 0 spiro atoms. The normalized spacial score (nSPS) is 9.89. The molecule has 0 aliphatic heterocycles. The van der Waals surface area contributed by atoms with Crippen LogP contribution in [0.15, 0.2) is 36.7 Å². The lowest BCUT2D eigenvalue weighted by atomic mass is 10.2. The lowest BCUT2D eigenvalue weighted by Gasteiger charge is -2.06. The maximum absolute atomic E-state index is 11.9. The fraction of sp³-hybridized carbons (Fsp3) is 0. The number of anilines is 2. The van der Waals surface area contributed by atoms with Crippen LogP contribution in [0.1, 0.15) is 10.4 Å². The Morgan fingerprint density at radius 2 is 2.00 bits per heavy atom. The van der Waals surface area contributed by atoms with Crippen LogP contribution in [0.3, 0.4) is 0 Å². The van der Waals surface area contributed by atoms with Gasteiger partial charge in [0.05, 0.1) is 0 Å². The van der Waals surface area contributed by atoms with E-state index in [1.165, 1.54) is 12.1 Å². The number of hydrogen-bond donors (Lipinski definition) is 3. The minimum Gasteiger partial charge on any atom is -0.322 e. The zero-order valence-corrected chi connectivity index (χ0v) is 9.98. The number of aromatic nitrogens is 2. The topological polar surface area (TPSA) is 92.9 Å². The summed E-state index contributed by atoms with van der Waals surface area (Å²) in [5.41, 5.74) is 3.35. The van der Waals surface area contributed by atoms with Crippen LogP contribution >= 0.6 is 11.6 Å². The van der Waals surface area contributed by atoms with Crippen molar-refractivity contribution in [1.82, 2.24) is 9.97 Å². The molecule has 0 aliphatic rings. The third kappa shape index (κ3) is 2.93. The summed E-state index contributed by atoms with van der Waals surface area (Å²) in [6, 6.07) is 6.33. The van der Waals surface area contributed by atoms with E-state index in [4.69, 9.17) is 17.4 Å². The average molecular weight is 264 g/mol. The number of nitrogens with two attached hydrogens (primary N) is 1. The highest BCUT2D eigenvalue weighted by atomic mass is 35.5. The van der Waals surface area contributed by atoms with Crippen molar-refractivity contribution in [2.75, 3.05) is 10.7 Å². The quantitative estimate of drug-likeness (QED) is 0.445. The monoisotopic (exact) mass is 263 g/mol. The molecular weight excluding hydrogens is 254 g/mol. The number of carbonyl (C=O) groups is 1. The molecule has 6 nitrogen and oxygen atoms in total. The molecule has 2 aromatic rings. The Morgan fingerprint density at radius 3 is 2.67 bits per heavy atom. The summed E-state index contributed by atoms with van der Waals surface area (Å²) in [6.45, 7) is 0. The van der Waals surface area contributed by atoms with Gasteiger partial charge in [0.15, 0.2) is 0 Å². The molecule has 2 rings (SSSR count). The van der Waals surface area contributed by atoms with Gasteiger partial charge in [0.1, 0.15) is 11.0 Å². The molecule has 0 saturated heterocycles. The molecule has 0 aromatic carbocycles. The molecule has 18 heavy (non-hydrogen) atoms. The van der Waals surface area contributed by atoms with Gasteiger partial charge in [-0.15, -0.1) is 0 Å². The average Bonchev–Trinajstić information content (AvgIpc) is 2.39. The highest BCUT2D eigenvalue weighted by molar-refractivity contribution is 6.30. The van der Waals surface area contributed by atoms with Crippen molar-refractivity contribution in [3.05, 3.63) is 47.4 Å². The Bertz CT molecular complexity index is 561. The lowest BCUT2D eigenvalue weighted by molar-refractivity contribution is 0.102. The molecule has 4 N–H and O–H groups in total. The first kappa shape index (κ1) is 12.3. The molecule has 0 unspecified atom stereocenters. The van der Waals surface area contributed by atoms with Crippen molar-refractivity contribution >= 4 is 29.0 Å². The zero-order valence-electron chi connectivity index (χ0n) is 9.22. The molecule has 1 amide bonds. The summed E-state index contributed by atoms with van der Waals surface area (Å²) in [6.07, 6.45) is 3.17. The summed E-state index contributed by atoms with van der Waals surface area (Å²) in [5, 5.41) is 2.89. The zero-order chi connectivity index (χ0) is 13.0. The van der Waals surface area contributed by atoms with Crippen molar-refractivity contribution in [2.45, 2.75) is 0 Å². The molecule has 0 aliphatic carbocycles. The Morgan fingerprint density at radius 1 is 1.28 bits per heavy atom.